The van der Waals surface area contributed by atoms with Crippen LogP contribution in [0.2, 0.25) is 0 Å². The normalized spacial score (nSPS) is 11.2. The minimum absolute atomic E-state index is 0.0222. The molecule has 7 nitrogen and oxygen atoms in total. The lowest BCUT2D eigenvalue weighted by Gasteiger charge is -2.10. The van der Waals surface area contributed by atoms with Gasteiger partial charge in [-0.25, -0.2) is 0 Å². The molecule has 0 unspecified atom stereocenters. The fourth-order valence-electron chi connectivity index (χ4n) is 1.59. The summed E-state index contributed by atoms with van der Waals surface area (Å²) >= 11 is 0. The summed E-state index contributed by atoms with van der Waals surface area (Å²) in [5.41, 5.74) is 7.87. The van der Waals surface area contributed by atoms with Gasteiger partial charge in [-0.2, -0.15) is 10.2 Å². The molecule has 0 aliphatic heterocycles. The fourth-order valence-corrected chi connectivity index (χ4v) is 1.59. The largest absolute Gasteiger partial charge is 0.409 e. The van der Waals surface area contributed by atoms with Crippen LogP contribution >= 0.6 is 0 Å². The average molecular weight is 271 g/mol. The second-order valence-corrected chi connectivity index (χ2v) is 4.10. The van der Waals surface area contributed by atoms with Crippen LogP contribution in [0.25, 0.3) is 0 Å². The molecule has 0 atom stereocenters. The lowest BCUT2D eigenvalue weighted by molar-refractivity contribution is 0.102. The third-order valence-corrected chi connectivity index (χ3v) is 2.74. The number of nitrogens with one attached hydrogen (secondary N) is 1. The maximum absolute atomic E-state index is 12.0. The van der Waals surface area contributed by atoms with E-state index in [1.165, 1.54) is 12.4 Å². The molecule has 102 valence electrons. The van der Waals surface area contributed by atoms with Gasteiger partial charge in [0.05, 0.1) is 18.0 Å². The van der Waals surface area contributed by atoms with Crippen LogP contribution in [-0.4, -0.2) is 27.1 Å². The number of carbonyl (C=O) groups excluding carboxylic acids is 1. The van der Waals surface area contributed by atoms with Crippen LogP contribution in [0.15, 0.2) is 41.8 Å². The van der Waals surface area contributed by atoms with Crippen LogP contribution in [0.3, 0.4) is 0 Å². The Kier molecular flexibility index (Phi) is 3.90. The number of oxime groups is 1. The van der Waals surface area contributed by atoms with Crippen molar-refractivity contribution in [3.63, 3.8) is 0 Å². The molecule has 0 fully saturated rings. The molecular weight excluding hydrogens is 258 g/mol. The number of carbonyl (C=O) groups is 1. The Bertz CT molecular complexity index is 655. The molecule has 0 saturated heterocycles. The Morgan fingerprint density at radius 2 is 2.10 bits per heavy atom. The number of nitrogens with zero attached hydrogens (tertiary/aromatic N) is 3. The highest BCUT2D eigenvalue weighted by Crippen LogP contribution is 2.17. The van der Waals surface area contributed by atoms with E-state index in [-0.39, 0.29) is 11.7 Å². The van der Waals surface area contributed by atoms with Crippen LogP contribution in [0.4, 0.5) is 5.69 Å². The molecule has 0 bridgehead atoms. The lowest BCUT2D eigenvalue weighted by Crippen LogP contribution is -2.16. The second kappa shape index (κ2) is 5.79. The van der Waals surface area contributed by atoms with Gasteiger partial charge in [0.15, 0.2) is 5.84 Å². The van der Waals surface area contributed by atoms with E-state index in [2.05, 4.69) is 20.7 Å². The fraction of sp³-hybridized carbons (Fsp3) is 0.0769. The first-order chi connectivity index (χ1) is 9.61. The molecule has 1 aromatic carbocycles. The van der Waals surface area contributed by atoms with E-state index in [0.29, 0.717) is 16.8 Å². The molecule has 0 spiro atoms. The molecule has 20 heavy (non-hydrogen) atoms. The van der Waals surface area contributed by atoms with Gasteiger partial charge >= 0.3 is 0 Å². The third kappa shape index (κ3) is 2.89. The molecule has 0 aliphatic rings. The van der Waals surface area contributed by atoms with Gasteiger partial charge in [0, 0.05) is 11.3 Å². The number of amides is 1. The number of hydrogen-bond donors (Lipinski definition) is 3. The number of hydrogen-bond acceptors (Lipinski definition) is 5. The van der Waals surface area contributed by atoms with Gasteiger partial charge in [-0.15, -0.1) is 0 Å². The quantitative estimate of drug-likeness (QED) is 0.335. The van der Waals surface area contributed by atoms with Crippen molar-refractivity contribution >= 4 is 17.4 Å². The topological polar surface area (TPSA) is 113 Å². The van der Waals surface area contributed by atoms with Crippen molar-refractivity contribution < 1.29 is 10.0 Å². The summed E-state index contributed by atoms with van der Waals surface area (Å²) in [6.45, 7) is 1.84. The smallest absolute Gasteiger partial charge is 0.257 e. The Morgan fingerprint density at radius 1 is 1.30 bits per heavy atom. The summed E-state index contributed by atoms with van der Waals surface area (Å²) in [4.78, 5) is 12.0. The molecule has 1 heterocycles. The number of aromatic nitrogens is 2. The van der Waals surface area contributed by atoms with Crippen LogP contribution in [-0.2, 0) is 0 Å². The summed E-state index contributed by atoms with van der Waals surface area (Å²) in [6.07, 6.45) is 2.81. The summed E-state index contributed by atoms with van der Waals surface area (Å²) in [5.74, 6) is -0.328. The summed E-state index contributed by atoms with van der Waals surface area (Å²) in [6, 6.07) is 6.67. The predicted molar refractivity (Wildman–Crippen MR) is 73.7 cm³/mol. The van der Waals surface area contributed by atoms with E-state index in [1.807, 2.05) is 6.92 Å². The van der Waals surface area contributed by atoms with E-state index in [9.17, 15) is 4.79 Å². The minimum atomic E-state index is -0.306. The lowest BCUT2D eigenvalue weighted by atomic mass is 10.1. The Labute approximate surface area is 115 Å². The standard InChI is InChI=1S/C13H13N5O2/c1-8-2-3-9(12(14)18-20)6-11(8)17-13(19)10-4-5-15-16-7-10/h2-7,20H,1H3,(H2,14,18)(H,17,19). The van der Waals surface area contributed by atoms with E-state index in [1.54, 1.807) is 24.3 Å². The highest BCUT2D eigenvalue weighted by atomic mass is 16.4. The molecule has 0 radical (unpaired) electrons. The monoisotopic (exact) mass is 271 g/mol. The van der Waals surface area contributed by atoms with Crippen molar-refractivity contribution in [3.05, 3.63) is 53.3 Å². The van der Waals surface area contributed by atoms with Gasteiger partial charge in [0.1, 0.15) is 0 Å². The first kappa shape index (κ1) is 13.5. The maximum Gasteiger partial charge on any atom is 0.257 e. The zero-order valence-corrected chi connectivity index (χ0v) is 10.7. The Hall–Kier alpha value is -2.96. The summed E-state index contributed by atoms with van der Waals surface area (Å²) in [7, 11) is 0. The van der Waals surface area contributed by atoms with Crippen LogP contribution in [0.1, 0.15) is 21.5 Å². The van der Waals surface area contributed by atoms with E-state index >= 15 is 0 Å². The molecule has 4 N–H and O–H groups in total. The molecule has 1 aromatic heterocycles. The first-order valence-corrected chi connectivity index (χ1v) is 5.78. The van der Waals surface area contributed by atoms with Crippen molar-refractivity contribution in [2.24, 2.45) is 10.9 Å². The number of benzene rings is 1. The van der Waals surface area contributed by atoms with Crippen molar-refractivity contribution in [2.75, 3.05) is 5.32 Å². The summed E-state index contributed by atoms with van der Waals surface area (Å²) in [5, 5.41) is 21.6. The number of anilines is 1. The van der Waals surface area contributed by atoms with Gasteiger partial charge in [0.2, 0.25) is 0 Å². The van der Waals surface area contributed by atoms with E-state index in [4.69, 9.17) is 10.9 Å². The molecule has 0 saturated carbocycles. The zero-order valence-electron chi connectivity index (χ0n) is 10.7. The van der Waals surface area contributed by atoms with Crippen molar-refractivity contribution in [1.29, 1.82) is 0 Å². The number of rotatable bonds is 3. The molecule has 0 aliphatic carbocycles. The van der Waals surface area contributed by atoms with Crippen molar-refractivity contribution in [1.82, 2.24) is 10.2 Å². The van der Waals surface area contributed by atoms with Crippen LogP contribution < -0.4 is 11.1 Å². The van der Waals surface area contributed by atoms with Crippen LogP contribution in [0.5, 0.6) is 0 Å². The van der Waals surface area contributed by atoms with Gasteiger partial charge in [-0.3, -0.25) is 4.79 Å². The molecule has 1 amide bonds. The van der Waals surface area contributed by atoms with Crippen molar-refractivity contribution in [2.45, 2.75) is 6.92 Å². The van der Waals surface area contributed by atoms with E-state index in [0.717, 1.165) is 5.56 Å². The highest BCUT2D eigenvalue weighted by Gasteiger charge is 2.09. The number of nitrogens with two attached hydrogens (primary N) is 1. The molecule has 7 heteroatoms. The summed E-state index contributed by atoms with van der Waals surface area (Å²) < 4.78 is 0. The molecule has 2 aromatic rings. The second-order valence-electron chi connectivity index (χ2n) is 4.10. The molecular formula is C13H13N5O2. The first-order valence-electron chi connectivity index (χ1n) is 5.78. The Balaban J connectivity index is 2.27. The molecule has 2 rings (SSSR count). The average Bonchev–Trinajstić information content (AvgIpc) is 2.49. The van der Waals surface area contributed by atoms with E-state index < -0.39 is 0 Å². The number of amidine groups is 1. The van der Waals surface area contributed by atoms with Gasteiger partial charge in [-0.05, 0) is 24.6 Å². The van der Waals surface area contributed by atoms with Gasteiger partial charge < -0.3 is 16.3 Å². The third-order valence-electron chi connectivity index (χ3n) is 2.74. The van der Waals surface area contributed by atoms with Crippen molar-refractivity contribution in [3.8, 4) is 0 Å². The minimum Gasteiger partial charge on any atom is -0.409 e. The maximum atomic E-state index is 12.0. The Morgan fingerprint density at radius 3 is 2.75 bits per heavy atom. The predicted octanol–water partition coefficient (Wildman–Crippen LogP) is 1.13. The highest BCUT2D eigenvalue weighted by molar-refractivity contribution is 6.05. The zero-order chi connectivity index (χ0) is 14.5. The van der Waals surface area contributed by atoms with Crippen LogP contribution in [0, 0.1) is 6.92 Å². The SMILES string of the molecule is Cc1ccc(/C(N)=N/O)cc1NC(=O)c1ccnnc1. The number of aryl methyl sites for hydroxylation is 1. The van der Waals surface area contributed by atoms with Gasteiger partial charge in [-0.1, -0.05) is 17.3 Å². The van der Waals surface area contributed by atoms with Gasteiger partial charge in [0.25, 0.3) is 5.91 Å².